The molecule has 1 saturated heterocycles. The van der Waals surface area contributed by atoms with Crippen LogP contribution in [0, 0.1) is 0 Å². The van der Waals surface area contributed by atoms with E-state index in [1.807, 2.05) is 19.1 Å². The van der Waals surface area contributed by atoms with Crippen molar-refractivity contribution in [3.8, 4) is 5.75 Å². The van der Waals surface area contributed by atoms with Crippen molar-refractivity contribution in [2.24, 2.45) is 0 Å². The van der Waals surface area contributed by atoms with Crippen molar-refractivity contribution in [3.63, 3.8) is 0 Å². The molecule has 5 nitrogen and oxygen atoms in total. The van der Waals surface area contributed by atoms with Gasteiger partial charge in [0.15, 0.2) is 0 Å². The van der Waals surface area contributed by atoms with E-state index in [-0.39, 0.29) is 5.91 Å². The van der Waals surface area contributed by atoms with E-state index >= 15 is 0 Å². The Morgan fingerprint density at radius 2 is 1.67 bits per heavy atom. The van der Waals surface area contributed by atoms with Gasteiger partial charge < -0.3 is 19.9 Å². The Kier molecular flexibility index (Phi) is 6.71. The van der Waals surface area contributed by atoms with Gasteiger partial charge in [-0.05, 0) is 62.4 Å². The fraction of sp³-hybridized carbons (Fsp3) is 0.409. The van der Waals surface area contributed by atoms with Crippen molar-refractivity contribution in [1.29, 1.82) is 0 Å². The standard InChI is InChI=1S/C22H29N3O2/c1-3-27-21-10-6-19(7-11-21)22(26)23-13-12-18-4-8-20(9-5-18)25-16-14-24(2)15-17-25/h4-11H,3,12-17H2,1-2H3,(H,23,26). The van der Waals surface area contributed by atoms with Crippen molar-refractivity contribution in [2.45, 2.75) is 13.3 Å². The summed E-state index contributed by atoms with van der Waals surface area (Å²) in [5.74, 6) is 0.738. The van der Waals surface area contributed by atoms with Gasteiger partial charge in [0, 0.05) is 44.0 Å². The predicted octanol–water partition coefficient (Wildman–Crippen LogP) is 2.81. The quantitative estimate of drug-likeness (QED) is 0.817. The molecular formula is C22H29N3O2. The van der Waals surface area contributed by atoms with E-state index in [0.717, 1.165) is 38.3 Å². The van der Waals surface area contributed by atoms with Crippen molar-refractivity contribution in [2.75, 3.05) is 51.3 Å². The van der Waals surface area contributed by atoms with E-state index in [2.05, 4.69) is 46.4 Å². The molecule has 27 heavy (non-hydrogen) atoms. The van der Waals surface area contributed by atoms with E-state index in [0.29, 0.717) is 18.7 Å². The molecule has 0 bridgehead atoms. The van der Waals surface area contributed by atoms with E-state index in [4.69, 9.17) is 4.74 Å². The van der Waals surface area contributed by atoms with Gasteiger partial charge in [-0.15, -0.1) is 0 Å². The highest BCUT2D eigenvalue weighted by Crippen LogP contribution is 2.17. The lowest BCUT2D eigenvalue weighted by Crippen LogP contribution is -2.44. The van der Waals surface area contributed by atoms with E-state index in [1.54, 1.807) is 12.1 Å². The van der Waals surface area contributed by atoms with Gasteiger partial charge in [0.1, 0.15) is 5.75 Å². The molecule has 0 aliphatic carbocycles. The van der Waals surface area contributed by atoms with E-state index < -0.39 is 0 Å². The molecule has 0 saturated carbocycles. The number of carbonyl (C=O) groups excluding carboxylic acids is 1. The van der Waals surface area contributed by atoms with Crippen molar-refractivity contribution in [1.82, 2.24) is 10.2 Å². The number of amides is 1. The summed E-state index contributed by atoms with van der Waals surface area (Å²) in [5, 5.41) is 2.99. The predicted molar refractivity (Wildman–Crippen MR) is 110 cm³/mol. The van der Waals surface area contributed by atoms with Crippen LogP contribution in [0.2, 0.25) is 0 Å². The maximum absolute atomic E-state index is 12.2. The topological polar surface area (TPSA) is 44.8 Å². The first-order valence-corrected chi connectivity index (χ1v) is 9.69. The van der Waals surface area contributed by atoms with Crippen molar-refractivity contribution >= 4 is 11.6 Å². The summed E-state index contributed by atoms with van der Waals surface area (Å²) in [4.78, 5) is 17.0. The van der Waals surface area contributed by atoms with E-state index in [1.165, 1.54) is 11.3 Å². The van der Waals surface area contributed by atoms with Gasteiger partial charge in [-0.25, -0.2) is 0 Å². The third-order valence-electron chi connectivity index (χ3n) is 4.93. The average molecular weight is 367 g/mol. The van der Waals surface area contributed by atoms with Crippen LogP contribution in [-0.4, -0.2) is 57.2 Å². The van der Waals surface area contributed by atoms with Crippen molar-refractivity contribution < 1.29 is 9.53 Å². The molecule has 1 aliphatic heterocycles. The molecule has 2 aromatic carbocycles. The summed E-state index contributed by atoms with van der Waals surface area (Å²) in [6, 6.07) is 16.0. The van der Waals surface area contributed by atoms with Crippen LogP contribution in [0.3, 0.4) is 0 Å². The number of likely N-dealkylation sites (N-methyl/N-ethyl adjacent to an activating group) is 1. The first-order chi connectivity index (χ1) is 13.2. The average Bonchev–Trinajstić information content (AvgIpc) is 2.70. The highest BCUT2D eigenvalue weighted by Gasteiger charge is 2.14. The van der Waals surface area contributed by atoms with Gasteiger partial charge in [0.25, 0.3) is 5.91 Å². The fourth-order valence-electron chi connectivity index (χ4n) is 3.23. The van der Waals surface area contributed by atoms with Gasteiger partial charge in [-0.2, -0.15) is 0 Å². The van der Waals surface area contributed by atoms with Gasteiger partial charge in [0.2, 0.25) is 0 Å². The van der Waals surface area contributed by atoms with E-state index in [9.17, 15) is 4.79 Å². The zero-order valence-electron chi connectivity index (χ0n) is 16.3. The second kappa shape index (κ2) is 9.42. The molecule has 144 valence electrons. The molecule has 1 heterocycles. The molecule has 0 aromatic heterocycles. The highest BCUT2D eigenvalue weighted by molar-refractivity contribution is 5.94. The minimum absolute atomic E-state index is 0.0490. The minimum atomic E-state index is -0.0490. The third kappa shape index (κ3) is 5.47. The first-order valence-electron chi connectivity index (χ1n) is 9.69. The molecule has 1 aliphatic rings. The smallest absolute Gasteiger partial charge is 0.251 e. The number of nitrogens with zero attached hydrogens (tertiary/aromatic N) is 2. The number of piperazine rings is 1. The monoisotopic (exact) mass is 367 g/mol. The number of rotatable bonds is 7. The van der Waals surface area contributed by atoms with Crippen LogP contribution in [0.1, 0.15) is 22.8 Å². The number of nitrogens with one attached hydrogen (secondary N) is 1. The zero-order valence-corrected chi connectivity index (χ0v) is 16.3. The van der Waals surface area contributed by atoms with Crippen LogP contribution >= 0.6 is 0 Å². The van der Waals surface area contributed by atoms with Crippen molar-refractivity contribution in [3.05, 3.63) is 59.7 Å². The summed E-state index contributed by atoms with van der Waals surface area (Å²) < 4.78 is 5.40. The molecule has 2 aromatic rings. The summed E-state index contributed by atoms with van der Waals surface area (Å²) in [5.41, 5.74) is 3.18. The van der Waals surface area contributed by atoms with Crippen LogP contribution in [0.25, 0.3) is 0 Å². The number of hydrogen-bond acceptors (Lipinski definition) is 4. The number of ether oxygens (including phenoxy) is 1. The second-order valence-corrected chi connectivity index (χ2v) is 6.92. The van der Waals surface area contributed by atoms with Crippen LogP contribution in [0.15, 0.2) is 48.5 Å². The second-order valence-electron chi connectivity index (χ2n) is 6.92. The number of anilines is 1. The molecule has 0 spiro atoms. The lowest BCUT2D eigenvalue weighted by Gasteiger charge is -2.34. The molecular weight excluding hydrogens is 338 g/mol. The number of hydrogen-bond donors (Lipinski definition) is 1. The van der Waals surface area contributed by atoms with Gasteiger partial charge >= 0.3 is 0 Å². The van der Waals surface area contributed by atoms with Crippen LogP contribution in [0.5, 0.6) is 5.75 Å². The largest absolute Gasteiger partial charge is 0.494 e. The Morgan fingerprint density at radius 3 is 2.30 bits per heavy atom. The SMILES string of the molecule is CCOc1ccc(C(=O)NCCc2ccc(N3CCN(C)CC3)cc2)cc1. The molecule has 1 fully saturated rings. The van der Waals surface area contributed by atoms with Crippen LogP contribution < -0.4 is 15.0 Å². The first kappa shape index (κ1) is 19.2. The molecule has 1 N–H and O–H groups in total. The maximum Gasteiger partial charge on any atom is 0.251 e. The maximum atomic E-state index is 12.2. The molecule has 1 amide bonds. The lowest BCUT2D eigenvalue weighted by molar-refractivity contribution is 0.0954. The summed E-state index contributed by atoms with van der Waals surface area (Å²) in [7, 11) is 2.17. The lowest BCUT2D eigenvalue weighted by atomic mass is 10.1. The molecule has 0 radical (unpaired) electrons. The summed E-state index contributed by atoms with van der Waals surface area (Å²) >= 11 is 0. The highest BCUT2D eigenvalue weighted by atomic mass is 16.5. The Bertz CT molecular complexity index is 720. The number of carbonyl (C=O) groups is 1. The third-order valence-corrected chi connectivity index (χ3v) is 4.93. The summed E-state index contributed by atoms with van der Waals surface area (Å²) in [6.07, 6.45) is 0.825. The number of benzene rings is 2. The normalized spacial score (nSPS) is 14.8. The molecule has 0 unspecified atom stereocenters. The Morgan fingerprint density at radius 1 is 1.00 bits per heavy atom. The van der Waals surface area contributed by atoms with Crippen LogP contribution in [0.4, 0.5) is 5.69 Å². The van der Waals surface area contributed by atoms with Gasteiger partial charge in [-0.3, -0.25) is 4.79 Å². The zero-order chi connectivity index (χ0) is 19.1. The minimum Gasteiger partial charge on any atom is -0.494 e. The molecule has 0 atom stereocenters. The summed E-state index contributed by atoms with van der Waals surface area (Å²) in [6.45, 7) is 7.57. The Balaban J connectivity index is 1.45. The fourth-order valence-corrected chi connectivity index (χ4v) is 3.23. The van der Waals surface area contributed by atoms with Crippen LogP contribution in [-0.2, 0) is 6.42 Å². The Hall–Kier alpha value is -2.53. The van der Waals surface area contributed by atoms with Gasteiger partial charge in [0.05, 0.1) is 6.61 Å². The molecule has 5 heteroatoms. The molecule has 3 rings (SSSR count). The Labute approximate surface area is 161 Å². The van der Waals surface area contributed by atoms with Gasteiger partial charge in [-0.1, -0.05) is 12.1 Å².